The zero-order chi connectivity index (χ0) is 9.30. The number of pyridine rings is 1. The predicted octanol–water partition coefficient (Wildman–Crippen LogP) is 3.12. The van der Waals surface area contributed by atoms with Gasteiger partial charge in [0.2, 0.25) is 0 Å². The molecule has 1 heterocycles. The van der Waals surface area contributed by atoms with Gasteiger partial charge < -0.3 is 0 Å². The minimum Gasteiger partial charge on any atom is -0.249 e. The Morgan fingerprint density at radius 3 is 2.50 bits per heavy atom. The molecule has 0 spiro atoms. The van der Waals surface area contributed by atoms with Crippen LogP contribution in [0.3, 0.4) is 0 Å². The molecule has 0 bridgehead atoms. The first-order chi connectivity index (χ1) is 5.52. The molecule has 12 heavy (non-hydrogen) atoms. The van der Waals surface area contributed by atoms with E-state index in [2.05, 4.69) is 4.98 Å². The van der Waals surface area contributed by atoms with Gasteiger partial charge in [-0.3, -0.25) is 0 Å². The molecule has 0 saturated heterocycles. The number of aryl methyl sites for hydroxylation is 1. The molecule has 0 saturated carbocycles. The van der Waals surface area contributed by atoms with E-state index in [0.29, 0.717) is 0 Å². The lowest BCUT2D eigenvalue weighted by Gasteiger charge is -2.02. The van der Waals surface area contributed by atoms with Gasteiger partial charge in [-0.2, -0.15) is 0 Å². The molecule has 0 aliphatic rings. The third-order valence-corrected chi connectivity index (χ3v) is 1.60. The van der Waals surface area contributed by atoms with Crippen LogP contribution in [0.25, 0.3) is 0 Å². The van der Waals surface area contributed by atoms with Crippen molar-refractivity contribution in [1.29, 1.82) is 0 Å². The number of hydrogen-bond acceptors (Lipinski definition) is 1. The molecule has 66 valence electrons. The molecule has 5 heteroatoms. The average molecular weight is 196 g/mol. The van der Waals surface area contributed by atoms with Gasteiger partial charge in [0.25, 0.3) is 6.43 Å². The summed E-state index contributed by atoms with van der Waals surface area (Å²) in [6.45, 7) is 1.28. The summed E-state index contributed by atoms with van der Waals surface area (Å²) in [6, 6.07) is 0.828. The standard InChI is InChI=1S/C7H5ClF3N/c1-3-6(9)4(8)2-5(12-3)7(10)11/h2,7H,1H3. The van der Waals surface area contributed by atoms with Gasteiger partial charge in [0.15, 0.2) is 5.82 Å². The SMILES string of the molecule is Cc1nc(C(F)F)cc(Cl)c1F. The van der Waals surface area contributed by atoms with Crippen molar-refractivity contribution in [1.82, 2.24) is 4.98 Å². The molecule has 0 aliphatic heterocycles. The maximum atomic E-state index is 12.7. The summed E-state index contributed by atoms with van der Waals surface area (Å²) in [4.78, 5) is 3.32. The Kier molecular flexibility index (Phi) is 2.57. The van der Waals surface area contributed by atoms with Crippen molar-refractivity contribution in [3.05, 3.63) is 28.3 Å². The van der Waals surface area contributed by atoms with Gasteiger partial charge in [-0.1, -0.05) is 11.6 Å². The summed E-state index contributed by atoms with van der Waals surface area (Å²) >= 11 is 5.31. The summed E-state index contributed by atoms with van der Waals surface area (Å²) in [6.07, 6.45) is -2.72. The van der Waals surface area contributed by atoms with Crippen molar-refractivity contribution in [2.24, 2.45) is 0 Å². The number of halogens is 4. The molecule has 0 unspecified atom stereocenters. The molecule has 0 N–H and O–H groups in total. The van der Waals surface area contributed by atoms with Crippen molar-refractivity contribution in [3.63, 3.8) is 0 Å². The van der Waals surface area contributed by atoms with E-state index in [9.17, 15) is 13.2 Å². The zero-order valence-electron chi connectivity index (χ0n) is 6.11. The van der Waals surface area contributed by atoms with E-state index in [1.165, 1.54) is 6.92 Å². The highest BCUT2D eigenvalue weighted by molar-refractivity contribution is 6.30. The van der Waals surface area contributed by atoms with Crippen molar-refractivity contribution < 1.29 is 13.2 Å². The quantitative estimate of drug-likeness (QED) is 0.671. The van der Waals surface area contributed by atoms with E-state index in [4.69, 9.17) is 11.6 Å². The molecule has 0 aromatic carbocycles. The van der Waals surface area contributed by atoms with Crippen LogP contribution in [-0.4, -0.2) is 4.98 Å². The Morgan fingerprint density at radius 1 is 1.50 bits per heavy atom. The first-order valence-corrected chi connectivity index (χ1v) is 3.51. The number of hydrogen-bond donors (Lipinski definition) is 0. The molecule has 1 rings (SSSR count). The maximum Gasteiger partial charge on any atom is 0.280 e. The highest BCUT2D eigenvalue weighted by Crippen LogP contribution is 2.23. The van der Waals surface area contributed by atoms with Crippen LogP contribution in [0.4, 0.5) is 13.2 Å². The van der Waals surface area contributed by atoms with Crippen molar-refractivity contribution >= 4 is 11.6 Å². The second-order valence-corrected chi connectivity index (χ2v) is 2.64. The fourth-order valence-corrected chi connectivity index (χ4v) is 1.00. The summed E-state index contributed by atoms with van der Waals surface area (Å²) in [5.41, 5.74) is -0.614. The van der Waals surface area contributed by atoms with E-state index in [1.807, 2.05) is 0 Å². The highest BCUT2D eigenvalue weighted by atomic mass is 35.5. The summed E-state index contributed by atoms with van der Waals surface area (Å²) in [7, 11) is 0. The van der Waals surface area contributed by atoms with Gasteiger partial charge in [-0.25, -0.2) is 18.2 Å². The smallest absolute Gasteiger partial charge is 0.249 e. The van der Waals surface area contributed by atoms with Gasteiger partial charge >= 0.3 is 0 Å². The number of nitrogens with zero attached hydrogens (tertiary/aromatic N) is 1. The van der Waals surface area contributed by atoms with E-state index in [1.54, 1.807) is 0 Å². The van der Waals surface area contributed by atoms with E-state index in [0.717, 1.165) is 6.07 Å². The Bertz CT molecular complexity index is 278. The third kappa shape index (κ3) is 1.69. The van der Waals surface area contributed by atoms with Crippen LogP contribution >= 0.6 is 11.6 Å². The lowest BCUT2D eigenvalue weighted by molar-refractivity contribution is 0.145. The fourth-order valence-electron chi connectivity index (χ4n) is 0.753. The van der Waals surface area contributed by atoms with Crippen LogP contribution < -0.4 is 0 Å². The lowest BCUT2D eigenvalue weighted by Crippen LogP contribution is -1.96. The number of aromatic nitrogens is 1. The Hall–Kier alpha value is -0.770. The summed E-state index contributed by atoms with van der Waals surface area (Å²) in [5, 5.41) is -0.321. The zero-order valence-corrected chi connectivity index (χ0v) is 6.87. The monoisotopic (exact) mass is 195 g/mol. The topological polar surface area (TPSA) is 12.9 Å². The van der Waals surface area contributed by atoms with Gasteiger partial charge in [-0.15, -0.1) is 0 Å². The second kappa shape index (κ2) is 3.31. The van der Waals surface area contributed by atoms with Gasteiger partial charge in [0.05, 0.1) is 10.7 Å². The minimum atomic E-state index is -2.72. The molecule has 1 aromatic heterocycles. The van der Waals surface area contributed by atoms with Crippen LogP contribution in [-0.2, 0) is 0 Å². The second-order valence-electron chi connectivity index (χ2n) is 2.23. The Morgan fingerprint density at radius 2 is 2.08 bits per heavy atom. The molecule has 0 aliphatic carbocycles. The van der Waals surface area contributed by atoms with Crippen LogP contribution in [0, 0.1) is 12.7 Å². The average Bonchev–Trinajstić information content (AvgIpc) is 1.99. The van der Waals surface area contributed by atoms with E-state index >= 15 is 0 Å². The van der Waals surface area contributed by atoms with Crippen LogP contribution in [0.15, 0.2) is 6.07 Å². The van der Waals surface area contributed by atoms with Gasteiger partial charge in [-0.05, 0) is 13.0 Å². The third-order valence-electron chi connectivity index (χ3n) is 1.32. The largest absolute Gasteiger partial charge is 0.280 e. The predicted molar refractivity (Wildman–Crippen MR) is 38.9 cm³/mol. The van der Waals surface area contributed by atoms with Crippen LogP contribution in [0.5, 0.6) is 0 Å². The van der Waals surface area contributed by atoms with E-state index in [-0.39, 0.29) is 10.7 Å². The fraction of sp³-hybridized carbons (Fsp3) is 0.286. The van der Waals surface area contributed by atoms with E-state index < -0.39 is 17.9 Å². The van der Waals surface area contributed by atoms with Gasteiger partial charge in [0.1, 0.15) is 5.69 Å². The highest BCUT2D eigenvalue weighted by Gasteiger charge is 2.13. The lowest BCUT2D eigenvalue weighted by atomic mass is 10.3. The normalized spacial score (nSPS) is 10.8. The first-order valence-electron chi connectivity index (χ1n) is 3.13. The summed E-state index contributed by atoms with van der Waals surface area (Å²) in [5.74, 6) is -0.749. The Balaban J connectivity index is 3.21. The molecule has 0 atom stereocenters. The van der Waals surface area contributed by atoms with Crippen molar-refractivity contribution in [2.45, 2.75) is 13.3 Å². The summed E-state index contributed by atoms with van der Waals surface area (Å²) < 4.78 is 36.8. The molecule has 0 radical (unpaired) electrons. The number of alkyl halides is 2. The Labute approximate surface area is 72.2 Å². The molecular formula is C7H5ClF3N. The molecule has 1 nitrogen and oxygen atoms in total. The minimum absolute atomic E-state index is 0.113. The maximum absolute atomic E-state index is 12.7. The molecule has 1 aromatic rings. The molecule has 0 amide bonds. The first kappa shape index (κ1) is 9.32. The van der Waals surface area contributed by atoms with Crippen molar-refractivity contribution in [3.8, 4) is 0 Å². The van der Waals surface area contributed by atoms with Gasteiger partial charge in [0, 0.05) is 0 Å². The molecule has 0 fully saturated rings. The molecular weight excluding hydrogens is 191 g/mol. The van der Waals surface area contributed by atoms with Crippen LogP contribution in [0.2, 0.25) is 5.02 Å². The van der Waals surface area contributed by atoms with Crippen molar-refractivity contribution in [2.75, 3.05) is 0 Å². The van der Waals surface area contributed by atoms with Crippen LogP contribution in [0.1, 0.15) is 17.8 Å². The number of rotatable bonds is 1.